The van der Waals surface area contributed by atoms with E-state index in [4.69, 9.17) is 10.5 Å². The molecular formula is C9H7BrF3NO2. The molecule has 0 unspecified atom stereocenters. The van der Waals surface area contributed by atoms with E-state index in [0.717, 1.165) is 6.07 Å². The molecule has 1 amide bonds. The second-order valence-electron chi connectivity index (χ2n) is 2.90. The Bertz CT molecular complexity index is 431. The van der Waals surface area contributed by atoms with Crippen molar-refractivity contribution in [2.75, 3.05) is 7.11 Å². The number of nitrogens with two attached hydrogens (primary N) is 1. The molecule has 1 aromatic carbocycles. The first-order valence-electron chi connectivity index (χ1n) is 4.02. The van der Waals surface area contributed by atoms with Crippen molar-refractivity contribution in [2.45, 2.75) is 6.18 Å². The topological polar surface area (TPSA) is 52.3 Å². The summed E-state index contributed by atoms with van der Waals surface area (Å²) in [6.07, 6.45) is -4.56. The van der Waals surface area contributed by atoms with Gasteiger partial charge in [0.1, 0.15) is 5.75 Å². The van der Waals surface area contributed by atoms with Crippen molar-refractivity contribution < 1.29 is 22.7 Å². The van der Waals surface area contributed by atoms with E-state index in [9.17, 15) is 18.0 Å². The van der Waals surface area contributed by atoms with Gasteiger partial charge in [-0.05, 0) is 28.1 Å². The highest BCUT2D eigenvalue weighted by Gasteiger charge is 2.32. The summed E-state index contributed by atoms with van der Waals surface area (Å²) in [6.45, 7) is 0. The first-order chi connectivity index (χ1) is 7.27. The largest absolute Gasteiger partial charge is 0.496 e. The van der Waals surface area contributed by atoms with E-state index in [1.807, 2.05) is 0 Å². The predicted octanol–water partition coefficient (Wildman–Crippen LogP) is 2.58. The molecule has 16 heavy (non-hydrogen) atoms. The van der Waals surface area contributed by atoms with Crippen LogP contribution in [-0.4, -0.2) is 13.0 Å². The van der Waals surface area contributed by atoms with Crippen molar-refractivity contribution in [2.24, 2.45) is 5.73 Å². The van der Waals surface area contributed by atoms with E-state index in [2.05, 4.69) is 15.9 Å². The SMILES string of the molecule is COc1cc(C(F)(F)F)cc(C(N)=O)c1Br. The third-order valence-corrected chi connectivity index (χ3v) is 2.67. The Morgan fingerprint density at radius 3 is 2.38 bits per heavy atom. The number of carbonyl (C=O) groups is 1. The van der Waals surface area contributed by atoms with Gasteiger partial charge in [-0.3, -0.25) is 4.79 Å². The maximum absolute atomic E-state index is 12.5. The van der Waals surface area contributed by atoms with Crippen molar-refractivity contribution in [1.82, 2.24) is 0 Å². The summed E-state index contributed by atoms with van der Waals surface area (Å²) >= 11 is 2.95. The molecule has 0 bridgehead atoms. The van der Waals surface area contributed by atoms with Gasteiger partial charge in [0.15, 0.2) is 0 Å². The van der Waals surface area contributed by atoms with Gasteiger partial charge >= 0.3 is 6.18 Å². The van der Waals surface area contributed by atoms with E-state index in [1.54, 1.807) is 0 Å². The zero-order valence-corrected chi connectivity index (χ0v) is 9.65. The highest BCUT2D eigenvalue weighted by Crippen LogP contribution is 2.37. The molecule has 0 aliphatic heterocycles. The molecule has 0 atom stereocenters. The quantitative estimate of drug-likeness (QED) is 0.912. The maximum Gasteiger partial charge on any atom is 0.416 e. The molecular weight excluding hydrogens is 291 g/mol. The predicted molar refractivity (Wildman–Crippen MR) is 54.2 cm³/mol. The average molecular weight is 298 g/mol. The minimum atomic E-state index is -4.56. The third kappa shape index (κ3) is 2.46. The molecule has 0 aromatic heterocycles. The molecule has 0 aliphatic rings. The minimum Gasteiger partial charge on any atom is -0.496 e. The van der Waals surface area contributed by atoms with Crippen LogP contribution < -0.4 is 10.5 Å². The standard InChI is InChI=1S/C9H7BrF3NO2/c1-16-6-3-4(9(11,12)13)2-5(7(6)10)8(14)15/h2-3H,1H3,(H2,14,15). The molecule has 0 spiro atoms. The van der Waals surface area contributed by atoms with E-state index in [1.165, 1.54) is 7.11 Å². The van der Waals surface area contributed by atoms with E-state index in [-0.39, 0.29) is 15.8 Å². The van der Waals surface area contributed by atoms with Gasteiger partial charge in [-0.1, -0.05) is 0 Å². The molecule has 7 heteroatoms. The summed E-state index contributed by atoms with van der Waals surface area (Å²) in [4.78, 5) is 10.9. The fourth-order valence-electron chi connectivity index (χ4n) is 1.09. The molecule has 88 valence electrons. The Labute approximate surface area is 97.5 Å². The molecule has 0 fully saturated rings. The monoisotopic (exact) mass is 297 g/mol. The van der Waals surface area contributed by atoms with Crippen LogP contribution in [0.15, 0.2) is 16.6 Å². The number of alkyl halides is 3. The van der Waals surface area contributed by atoms with Crippen molar-refractivity contribution >= 4 is 21.8 Å². The summed E-state index contributed by atoms with van der Waals surface area (Å²) in [5.41, 5.74) is 3.70. The zero-order chi connectivity index (χ0) is 12.5. The van der Waals surface area contributed by atoms with Crippen LogP contribution in [0.1, 0.15) is 15.9 Å². The van der Waals surface area contributed by atoms with Gasteiger partial charge in [-0.25, -0.2) is 0 Å². The van der Waals surface area contributed by atoms with Crippen molar-refractivity contribution in [3.63, 3.8) is 0 Å². The van der Waals surface area contributed by atoms with Crippen LogP contribution in [0.3, 0.4) is 0 Å². The maximum atomic E-state index is 12.5. The summed E-state index contributed by atoms with van der Waals surface area (Å²) in [5, 5.41) is 0. The van der Waals surface area contributed by atoms with Crippen LogP contribution >= 0.6 is 15.9 Å². The Hall–Kier alpha value is -1.24. The van der Waals surface area contributed by atoms with Crippen molar-refractivity contribution in [3.05, 3.63) is 27.7 Å². The highest BCUT2D eigenvalue weighted by atomic mass is 79.9. The van der Waals surface area contributed by atoms with E-state index < -0.39 is 17.6 Å². The lowest BCUT2D eigenvalue weighted by molar-refractivity contribution is -0.137. The second kappa shape index (κ2) is 4.32. The molecule has 0 saturated carbocycles. The third-order valence-electron chi connectivity index (χ3n) is 1.85. The normalized spacial score (nSPS) is 11.3. The lowest BCUT2D eigenvalue weighted by Gasteiger charge is -2.12. The van der Waals surface area contributed by atoms with Gasteiger partial charge in [0.05, 0.1) is 22.7 Å². The molecule has 3 nitrogen and oxygen atoms in total. The number of carbonyl (C=O) groups excluding carboxylic acids is 1. The molecule has 0 radical (unpaired) electrons. The number of rotatable bonds is 2. The number of methoxy groups -OCH3 is 1. The number of ether oxygens (including phenoxy) is 1. The molecule has 1 rings (SSSR count). The second-order valence-corrected chi connectivity index (χ2v) is 3.70. The van der Waals surface area contributed by atoms with Gasteiger partial charge in [0.2, 0.25) is 5.91 Å². The van der Waals surface area contributed by atoms with Gasteiger partial charge in [-0.15, -0.1) is 0 Å². The Balaban J connectivity index is 3.46. The zero-order valence-electron chi connectivity index (χ0n) is 8.06. The summed E-state index contributed by atoms with van der Waals surface area (Å²) in [5.74, 6) is -1.06. The number of amides is 1. The first-order valence-corrected chi connectivity index (χ1v) is 4.81. The number of hydrogen-bond donors (Lipinski definition) is 1. The van der Waals surface area contributed by atoms with Crippen molar-refractivity contribution in [1.29, 1.82) is 0 Å². The smallest absolute Gasteiger partial charge is 0.416 e. The summed E-state index contributed by atoms with van der Waals surface area (Å²) in [6, 6.07) is 1.46. The lowest BCUT2D eigenvalue weighted by atomic mass is 10.1. The van der Waals surface area contributed by atoms with Crippen LogP contribution in [-0.2, 0) is 6.18 Å². The van der Waals surface area contributed by atoms with Crippen LogP contribution in [0.4, 0.5) is 13.2 Å². The Kier molecular flexibility index (Phi) is 3.47. The molecule has 1 aromatic rings. The highest BCUT2D eigenvalue weighted by molar-refractivity contribution is 9.10. The number of halogens is 4. The fraction of sp³-hybridized carbons (Fsp3) is 0.222. The van der Waals surface area contributed by atoms with Gasteiger partial charge in [-0.2, -0.15) is 13.2 Å². The molecule has 0 heterocycles. The minimum absolute atomic E-state index is 0.0939. The Morgan fingerprint density at radius 2 is 2.00 bits per heavy atom. The van der Waals surface area contributed by atoms with Gasteiger partial charge < -0.3 is 10.5 Å². The average Bonchev–Trinajstić information content (AvgIpc) is 2.15. The van der Waals surface area contributed by atoms with Crippen LogP contribution in [0.5, 0.6) is 5.75 Å². The molecule has 0 saturated heterocycles. The number of primary amides is 1. The summed E-state index contributed by atoms with van der Waals surface area (Å²) in [7, 11) is 1.20. The molecule has 0 aliphatic carbocycles. The van der Waals surface area contributed by atoms with Crippen LogP contribution in [0, 0.1) is 0 Å². The van der Waals surface area contributed by atoms with E-state index >= 15 is 0 Å². The summed E-state index contributed by atoms with van der Waals surface area (Å²) < 4.78 is 42.2. The van der Waals surface area contributed by atoms with Gasteiger partial charge in [0.25, 0.3) is 0 Å². The number of hydrogen-bond acceptors (Lipinski definition) is 2. The first kappa shape index (κ1) is 12.8. The van der Waals surface area contributed by atoms with Crippen LogP contribution in [0.25, 0.3) is 0 Å². The van der Waals surface area contributed by atoms with Crippen LogP contribution in [0.2, 0.25) is 0 Å². The molecule has 2 N–H and O–H groups in total. The van der Waals surface area contributed by atoms with Crippen molar-refractivity contribution in [3.8, 4) is 5.75 Å². The Morgan fingerprint density at radius 1 is 1.44 bits per heavy atom. The fourth-order valence-corrected chi connectivity index (χ4v) is 1.68. The van der Waals surface area contributed by atoms with E-state index in [0.29, 0.717) is 6.07 Å². The number of benzene rings is 1. The lowest BCUT2D eigenvalue weighted by Crippen LogP contribution is -2.15. The van der Waals surface area contributed by atoms with Gasteiger partial charge in [0, 0.05) is 0 Å².